The maximum Gasteiger partial charge on any atom is 0.411 e. The Morgan fingerprint density at radius 3 is 2.62 bits per heavy atom. The van der Waals surface area contributed by atoms with Crippen LogP contribution >= 0.6 is 0 Å². The number of methoxy groups -OCH3 is 1. The molecule has 2 aromatic carbocycles. The smallest absolute Gasteiger partial charge is 0.411 e. The molecule has 0 saturated heterocycles. The molecular formula is C20H24N2O4. The van der Waals surface area contributed by atoms with E-state index in [9.17, 15) is 9.59 Å². The topological polar surface area (TPSA) is 67.9 Å². The van der Waals surface area contributed by atoms with Crippen molar-refractivity contribution in [3.8, 4) is 5.75 Å². The lowest BCUT2D eigenvalue weighted by molar-refractivity contribution is 0.0784. The summed E-state index contributed by atoms with van der Waals surface area (Å²) < 4.78 is 10.2. The van der Waals surface area contributed by atoms with Crippen molar-refractivity contribution in [3.05, 3.63) is 59.2 Å². The Labute approximate surface area is 153 Å². The van der Waals surface area contributed by atoms with E-state index in [1.165, 1.54) is 0 Å². The molecular weight excluding hydrogens is 332 g/mol. The maximum absolute atomic E-state index is 12.7. The van der Waals surface area contributed by atoms with Gasteiger partial charge < -0.3 is 14.4 Å². The number of nitrogens with one attached hydrogen (secondary N) is 1. The number of carbonyl (C=O) groups is 2. The van der Waals surface area contributed by atoms with Gasteiger partial charge in [-0.05, 0) is 38.1 Å². The van der Waals surface area contributed by atoms with Crippen molar-refractivity contribution in [2.24, 2.45) is 0 Å². The molecule has 138 valence electrons. The van der Waals surface area contributed by atoms with Crippen molar-refractivity contribution in [2.45, 2.75) is 20.4 Å². The quantitative estimate of drug-likeness (QED) is 0.854. The molecule has 0 fully saturated rings. The third-order valence-corrected chi connectivity index (χ3v) is 3.82. The van der Waals surface area contributed by atoms with Gasteiger partial charge >= 0.3 is 6.09 Å². The highest BCUT2D eigenvalue weighted by atomic mass is 16.5. The van der Waals surface area contributed by atoms with Crippen molar-refractivity contribution in [1.82, 2.24) is 4.90 Å². The lowest BCUT2D eigenvalue weighted by Gasteiger charge is -2.19. The maximum atomic E-state index is 12.7. The molecule has 0 aliphatic heterocycles. The molecule has 2 amide bonds. The van der Waals surface area contributed by atoms with Crippen molar-refractivity contribution in [2.75, 3.05) is 26.1 Å². The summed E-state index contributed by atoms with van der Waals surface area (Å²) in [5.41, 5.74) is 3.02. The summed E-state index contributed by atoms with van der Waals surface area (Å²) in [4.78, 5) is 25.9. The van der Waals surface area contributed by atoms with Gasteiger partial charge in [0.25, 0.3) is 5.91 Å². The summed E-state index contributed by atoms with van der Waals surface area (Å²) in [6, 6.07) is 12.6. The molecule has 0 aromatic heterocycles. The normalized spacial score (nSPS) is 10.2. The Morgan fingerprint density at radius 1 is 1.15 bits per heavy atom. The van der Waals surface area contributed by atoms with Gasteiger partial charge in [0, 0.05) is 30.4 Å². The molecule has 2 aromatic rings. The number of nitrogens with zero attached hydrogens (tertiary/aromatic N) is 1. The second kappa shape index (κ2) is 8.89. The van der Waals surface area contributed by atoms with Gasteiger partial charge in [0.05, 0.1) is 13.7 Å². The van der Waals surface area contributed by atoms with E-state index in [0.29, 0.717) is 17.8 Å². The van der Waals surface area contributed by atoms with Crippen LogP contribution in [-0.4, -0.2) is 37.7 Å². The fraction of sp³-hybridized carbons (Fsp3) is 0.300. The zero-order valence-electron chi connectivity index (χ0n) is 15.5. The van der Waals surface area contributed by atoms with E-state index >= 15 is 0 Å². The van der Waals surface area contributed by atoms with E-state index in [1.807, 2.05) is 25.1 Å². The molecule has 0 aliphatic rings. The Bertz CT molecular complexity index is 789. The summed E-state index contributed by atoms with van der Waals surface area (Å²) >= 11 is 0. The molecule has 0 atom stereocenters. The molecule has 0 bridgehead atoms. The zero-order valence-corrected chi connectivity index (χ0v) is 15.5. The van der Waals surface area contributed by atoms with Crippen molar-refractivity contribution in [3.63, 3.8) is 0 Å². The number of carbonyl (C=O) groups excluding carboxylic acids is 2. The molecule has 26 heavy (non-hydrogen) atoms. The van der Waals surface area contributed by atoms with Gasteiger partial charge in [-0.3, -0.25) is 10.1 Å². The van der Waals surface area contributed by atoms with E-state index in [2.05, 4.69) is 5.32 Å². The molecule has 0 heterocycles. The molecule has 0 saturated carbocycles. The van der Waals surface area contributed by atoms with E-state index < -0.39 is 6.09 Å². The number of hydrogen-bond donors (Lipinski definition) is 1. The average molecular weight is 356 g/mol. The first-order valence-electron chi connectivity index (χ1n) is 8.37. The molecule has 0 unspecified atom stereocenters. The predicted molar refractivity (Wildman–Crippen MR) is 101 cm³/mol. The second-order valence-electron chi connectivity index (χ2n) is 5.90. The highest BCUT2D eigenvalue weighted by Gasteiger charge is 2.15. The van der Waals surface area contributed by atoms with Gasteiger partial charge in [0.1, 0.15) is 5.75 Å². The first-order valence-corrected chi connectivity index (χ1v) is 8.37. The lowest BCUT2D eigenvalue weighted by atomic mass is 10.1. The highest BCUT2D eigenvalue weighted by Crippen LogP contribution is 2.22. The van der Waals surface area contributed by atoms with Crippen LogP contribution in [-0.2, 0) is 11.3 Å². The second-order valence-corrected chi connectivity index (χ2v) is 5.90. The van der Waals surface area contributed by atoms with E-state index in [0.717, 1.165) is 16.9 Å². The van der Waals surface area contributed by atoms with Crippen LogP contribution in [0, 0.1) is 6.92 Å². The number of rotatable bonds is 6. The lowest BCUT2D eigenvalue weighted by Crippen LogP contribution is -2.26. The van der Waals surface area contributed by atoms with Crippen LogP contribution in [0.1, 0.15) is 28.4 Å². The first kappa shape index (κ1) is 19.3. The standard InChI is InChI=1S/C20H24N2O4/c1-5-26-20(24)21-17-8-6-7-15(12-17)19(23)22(3)13-16-11-14(2)9-10-18(16)25-4/h6-12H,5,13H2,1-4H3,(H,21,24). The van der Waals surface area contributed by atoms with Gasteiger partial charge in [-0.2, -0.15) is 0 Å². The largest absolute Gasteiger partial charge is 0.496 e. The zero-order chi connectivity index (χ0) is 19.1. The fourth-order valence-electron chi connectivity index (χ4n) is 2.59. The average Bonchev–Trinajstić information content (AvgIpc) is 2.61. The van der Waals surface area contributed by atoms with Crippen molar-refractivity contribution < 1.29 is 19.1 Å². The van der Waals surface area contributed by atoms with Crippen molar-refractivity contribution in [1.29, 1.82) is 0 Å². The van der Waals surface area contributed by atoms with Crippen LogP contribution < -0.4 is 10.1 Å². The molecule has 2 rings (SSSR count). The first-order chi connectivity index (χ1) is 12.4. The van der Waals surface area contributed by atoms with Gasteiger partial charge in [0.2, 0.25) is 0 Å². The van der Waals surface area contributed by atoms with E-state index in [4.69, 9.17) is 9.47 Å². The van der Waals surface area contributed by atoms with Crippen LogP contribution in [0.25, 0.3) is 0 Å². The van der Waals surface area contributed by atoms with E-state index in [1.54, 1.807) is 50.2 Å². The molecule has 0 spiro atoms. The fourth-order valence-corrected chi connectivity index (χ4v) is 2.59. The highest BCUT2D eigenvalue weighted by molar-refractivity contribution is 5.96. The number of amides is 2. The van der Waals surface area contributed by atoms with Gasteiger partial charge in [-0.15, -0.1) is 0 Å². The Morgan fingerprint density at radius 2 is 1.92 bits per heavy atom. The van der Waals surface area contributed by atoms with Crippen LogP contribution in [0.3, 0.4) is 0 Å². The number of hydrogen-bond acceptors (Lipinski definition) is 4. The van der Waals surface area contributed by atoms with Crippen LogP contribution in [0.15, 0.2) is 42.5 Å². The van der Waals surface area contributed by atoms with Gasteiger partial charge in [-0.1, -0.05) is 23.8 Å². The summed E-state index contributed by atoms with van der Waals surface area (Å²) in [5.74, 6) is 0.592. The number of benzene rings is 2. The summed E-state index contributed by atoms with van der Waals surface area (Å²) in [5, 5.41) is 2.60. The summed E-state index contributed by atoms with van der Waals surface area (Å²) in [6.07, 6.45) is -0.546. The molecule has 6 nitrogen and oxygen atoms in total. The molecule has 0 radical (unpaired) electrons. The third kappa shape index (κ3) is 4.99. The molecule has 6 heteroatoms. The Kier molecular flexibility index (Phi) is 6.60. The number of anilines is 1. The SMILES string of the molecule is CCOC(=O)Nc1cccc(C(=O)N(C)Cc2cc(C)ccc2OC)c1. The number of aryl methyl sites for hydroxylation is 1. The van der Waals surface area contributed by atoms with Gasteiger partial charge in [0.15, 0.2) is 0 Å². The van der Waals surface area contributed by atoms with Crippen molar-refractivity contribution >= 4 is 17.7 Å². The Balaban J connectivity index is 2.13. The van der Waals surface area contributed by atoms with Crippen LogP contribution in [0.5, 0.6) is 5.75 Å². The summed E-state index contributed by atoms with van der Waals surface area (Å²) in [6.45, 7) is 4.42. The Hall–Kier alpha value is -3.02. The molecule has 1 N–H and O–H groups in total. The third-order valence-electron chi connectivity index (χ3n) is 3.82. The minimum absolute atomic E-state index is 0.152. The van der Waals surface area contributed by atoms with Crippen LogP contribution in [0.2, 0.25) is 0 Å². The predicted octanol–water partition coefficient (Wildman–Crippen LogP) is 3.84. The monoisotopic (exact) mass is 356 g/mol. The van der Waals surface area contributed by atoms with Crippen LogP contribution in [0.4, 0.5) is 10.5 Å². The van der Waals surface area contributed by atoms with Gasteiger partial charge in [-0.25, -0.2) is 4.79 Å². The minimum Gasteiger partial charge on any atom is -0.496 e. The minimum atomic E-state index is -0.546. The van der Waals surface area contributed by atoms with E-state index in [-0.39, 0.29) is 12.5 Å². The summed E-state index contributed by atoms with van der Waals surface area (Å²) in [7, 11) is 3.34. The number of ether oxygens (including phenoxy) is 2. The molecule has 0 aliphatic carbocycles.